The van der Waals surface area contributed by atoms with Gasteiger partial charge in [0.1, 0.15) is 5.82 Å². The summed E-state index contributed by atoms with van der Waals surface area (Å²) < 4.78 is 13.5. The second-order valence-electron chi connectivity index (χ2n) is 5.35. The number of hydrogen-bond donors (Lipinski definition) is 1. The summed E-state index contributed by atoms with van der Waals surface area (Å²) in [5.41, 5.74) is 0.499. The van der Waals surface area contributed by atoms with Crippen LogP contribution in [0, 0.1) is 5.82 Å². The average molecular weight is 278 g/mol. The van der Waals surface area contributed by atoms with Crippen LogP contribution in [0.2, 0.25) is 0 Å². The molecule has 0 atom stereocenters. The van der Waals surface area contributed by atoms with E-state index in [0.717, 1.165) is 32.5 Å². The third kappa shape index (κ3) is 4.12. The van der Waals surface area contributed by atoms with Gasteiger partial charge in [0.15, 0.2) is 5.78 Å². The third-order valence-corrected chi connectivity index (χ3v) is 3.96. The molecule has 0 spiro atoms. The van der Waals surface area contributed by atoms with E-state index in [1.165, 1.54) is 6.07 Å². The van der Waals surface area contributed by atoms with Gasteiger partial charge in [0, 0.05) is 12.5 Å². The number of hydrogen-bond acceptors (Lipinski definition) is 3. The summed E-state index contributed by atoms with van der Waals surface area (Å²) in [4.78, 5) is 14.4. The van der Waals surface area contributed by atoms with Crippen LogP contribution in [0.25, 0.3) is 0 Å². The highest BCUT2D eigenvalue weighted by Crippen LogP contribution is 2.13. The Labute approximate surface area is 120 Å². The van der Waals surface area contributed by atoms with Crippen molar-refractivity contribution < 1.29 is 9.18 Å². The molecule has 0 radical (unpaired) electrons. The van der Waals surface area contributed by atoms with Gasteiger partial charge in [-0.25, -0.2) is 4.39 Å². The molecule has 1 saturated heterocycles. The molecule has 0 aliphatic carbocycles. The molecule has 0 saturated carbocycles. The molecule has 2 rings (SSSR count). The van der Waals surface area contributed by atoms with E-state index in [2.05, 4.69) is 17.1 Å². The summed E-state index contributed by atoms with van der Waals surface area (Å²) in [6.45, 7) is 5.41. The first-order valence-corrected chi connectivity index (χ1v) is 7.40. The Morgan fingerprint density at radius 2 is 2.05 bits per heavy atom. The van der Waals surface area contributed by atoms with Gasteiger partial charge in [0.25, 0.3) is 0 Å². The Hall–Kier alpha value is -1.26. The number of halogens is 1. The van der Waals surface area contributed by atoms with Crippen molar-refractivity contribution in [2.75, 3.05) is 26.2 Å². The van der Waals surface area contributed by atoms with Crippen LogP contribution in [0.5, 0.6) is 0 Å². The van der Waals surface area contributed by atoms with E-state index >= 15 is 0 Å². The molecule has 1 aromatic carbocycles. The zero-order chi connectivity index (χ0) is 14.4. The number of piperidine rings is 1. The lowest BCUT2D eigenvalue weighted by Gasteiger charge is -2.33. The van der Waals surface area contributed by atoms with Crippen molar-refractivity contribution in [3.05, 3.63) is 35.6 Å². The number of ketones is 1. The number of Topliss-reactive ketones (excluding diaryl/α,β-unsaturated/α-hetero) is 1. The minimum Gasteiger partial charge on any atom is -0.317 e. The van der Waals surface area contributed by atoms with Crippen molar-refractivity contribution in [3.8, 4) is 0 Å². The largest absolute Gasteiger partial charge is 0.317 e. The summed E-state index contributed by atoms with van der Waals surface area (Å²) in [5, 5.41) is 3.33. The Bertz CT molecular complexity index is 444. The fourth-order valence-electron chi connectivity index (χ4n) is 2.81. The van der Waals surface area contributed by atoms with Gasteiger partial charge in [-0.2, -0.15) is 0 Å². The Morgan fingerprint density at radius 3 is 2.70 bits per heavy atom. The molecule has 1 aliphatic rings. The highest BCUT2D eigenvalue weighted by molar-refractivity contribution is 5.82. The van der Waals surface area contributed by atoms with Crippen LogP contribution >= 0.6 is 0 Å². The first-order chi connectivity index (χ1) is 9.70. The Kier molecular flexibility index (Phi) is 5.68. The van der Waals surface area contributed by atoms with Gasteiger partial charge < -0.3 is 5.32 Å². The molecular weight excluding hydrogens is 255 g/mol. The van der Waals surface area contributed by atoms with E-state index < -0.39 is 0 Å². The lowest BCUT2D eigenvalue weighted by atomic mass is 10.0. The van der Waals surface area contributed by atoms with Crippen LogP contribution < -0.4 is 5.32 Å². The minimum absolute atomic E-state index is 0.0930. The normalized spacial score (nSPS) is 16.6. The molecule has 0 unspecified atom stereocenters. The molecule has 0 aromatic heterocycles. The molecule has 20 heavy (non-hydrogen) atoms. The Balaban J connectivity index is 1.90. The van der Waals surface area contributed by atoms with Gasteiger partial charge in [-0.05, 0) is 44.1 Å². The van der Waals surface area contributed by atoms with Crippen LogP contribution in [0.15, 0.2) is 24.3 Å². The number of benzene rings is 1. The van der Waals surface area contributed by atoms with Crippen molar-refractivity contribution in [2.24, 2.45) is 0 Å². The number of carbonyl (C=O) groups excluding carboxylic acids is 1. The maximum atomic E-state index is 13.5. The lowest BCUT2D eigenvalue weighted by molar-refractivity contribution is -0.120. The monoisotopic (exact) mass is 278 g/mol. The van der Waals surface area contributed by atoms with Gasteiger partial charge in [0.05, 0.1) is 6.54 Å². The summed E-state index contributed by atoms with van der Waals surface area (Å²) >= 11 is 0. The standard InChI is InChI=1S/C16H23FN2O/c1-2-19(14-7-9-18-10-8-14)12-15(20)11-13-5-3-4-6-16(13)17/h3-6,14,18H,2,7-12H2,1H3. The van der Waals surface area contributed by atoms with Crippen molar-refractivity contribution in [1.82, 2.24) is 10.2 Å². The molecule has 1 aliphatic heterocycles. The first-order valence-electron chi connectivity index (χ1n) is 7.40. The van der Waals surface area contributed by atoms with E-state index in [1.807, 2.05) is 0 Å². The smallest absolute Gasteiger partial charge is 0.151 e. The van der Waals surface area contributed by atoms with Crippen molar-refractivity contribution in [2.45, 2.75) is 32.2 Å². The molecule has 1 fully saturated rings. The van der Waals surface area contributed by atoms with Crippen molar-refractivity contribution in [3.63, 3.8) is 0 Å². The van der Waals surface area contributed by atoms with Gasteiger partial charge in [-0.1, -0.05) is 25.1 Å². The molecule has 1 heterocycles. The summed E-state index contributed by atoms with van der Waals surface area (Å²) in [6.07, 6.45) is 2.36. The van der Waals surface area contributed by atoms with Crippen LogP contribution in [0.4, 0.5) is 4.39 Å². The van der Waals surface area contributed by atoms with Gasteiger partial charge >= 0.3 is 0 Å². The fraction of sp³-hybridized carbons (Fsp3) is 0.562. The number of nitrogens with zero attached hydrogens (tertiary/aromatic N) is 1. The van der Waals surface area contributed by atoms with E-state index in [1.54, 1.807) is 18.2 Å². The van der Waals surface area contributed by atoms with E-state index in [-0.39, 0.29) is 18.0 Å². The second kappa shape index (κ2) is 7.50. The molecule has 4 heteroatoms. The molecule has 1 N–H and O–H groups in total. The van der Waals surface area contributed by atoms with Crippen LogP contribution in [-0.2, 0) is 11.2 Å². The highest BCUT2D eigenvalue weighted by Gasteiger charge is 2.21. The zero-order valence-corrected chi connectivity index (χ0v) is 12.1. The number of likely N-dealkylation sites (N-methyl/N-ethyl adjacent to an activating group) is 1. The van der Waals surface area contributed by atoms with Crippen molar-refractivity contribution >= 4 is 5.78 Å². The molecular formula is C16H23FN2O. The maximum absolute atomic E-state index is 13.5. The first kappa shape index (κ1) is 15.1. The van der Waals surface area contributed by atoms with E-state index in [9.17, 15) is 9.18 Å². The third-order valence-electron chi connectivity index (χ3n) is 3.96. The zero-order valence-electron chi connectivity index (χ0n) is 12.1. The predicted molar refractivity (Wildman–Crippen MR) is 78.2 cm³/mol. The Morgan fingerprint density at radius 1 is 1.35 bits per heavy atom. The van der Waals surface area contributed by atoms with Crippen LogP contribution in [0.1, 0.15) is 25.3 Å². The van der Waals surface area contributed by atoms with E-state index in [0.29, 0.717) is 18.2 Å². The molecule has 3 nitrogen and oxygen atoms in total. The minimum atomic E-state index is -0.286. The van der Waals surface area contributed by atoms with Crippen LogP contribution in [-0.4, -0.2) is 42.9 Å². The summed E-state index contributed by atoms with van der Waals surface area (Å²) in [7, 11) is 0. The predicted octanol–water partition coefficient (Wildman–Crippen LogP) is 2.01. The maximum Gasteiger partial charge on any atom is 0.151 e. The molecule has 1 aromatic rings. The summed E-state index contributed by atoms with van der Waals surface area (Å²) in [6, 6.07) is 7.00. The second-order valence-corrected chi connectivity index (χ2v) is 5.35. The topological polar surface area (TPSA) is 32.3 Å². The van der Waals surface area contributed by atoms with Crippen molar-refractivity contribution in [1.29, 1.82) is 0 Å². The summed E-state index contributed by atoms with van der Waals surface area (Å²) in [5.74, 6) is -0.193. The fourth-order valence-corrected chi connectivity index (χ4v) is 2.81. The van der Waals surface area contributed by atoms with Gasteiger partial charge in [0.2, 0.25) is 0 Å². The SMILES string of the molecule is CCN(CC(=O)Cc1ccccc1F)C1CCNCC1. The number of carbonyl (C=O) groups is 1. The van der Waals surface area contributed by atoms with Crippen LogP contribution in [0.3, 0.4) is 0 Å². The molecule has 0 bridgehead atoms. The molecule has 110 valence electrons. The number of rotatable bonds is 6. The van der Waals surface area contributed by atoms with Gasteiger partial charge in [-0.15, -0.1) is 0 Å². The number of nitrogens with one attached hydrogen (secondary N) is 1. The quantitative estimate of drug-likeness (QED) is 0.864. The average Bonchev–Trinajstić information content (AvgIpc) is 2.48. The molecule has 0 amide bonds. The highest BCUT2D eigenvalue weighted by atomic mass is 19.1. The van der Waals surface area contributed by atoms with E-state index in [4.69, 9.17) is 0 Å². The lowest BCUT2D eigenvalue weighted by Crippen LogP contribution is -2.45. The van der Waals surface area contributed by atoms with Gasteiger partial charge in [-0.3, -0.25) is 9.69 Å².